The number of hydrogen-bond donors (Lipinski definition) is 0. The molecule has 0 amide bonds. The van der Waals surface area contributed by atoms with Crippen molar-refractivity contribution in [3.8, 4) is 0 Å². The number of pyridine rings is 1. The molecule has 3 rings (SSSR count). The molecular weight excluding hydrogens is 286 g/mol. The predicted octanol–water partition coefficient (Wildman–Crippen LogP) is 1.92. The van der Waals surface area contributed by atoms with E-state index in [1.54, 1.807) is 10.6 Å². The number of carbonyl (C=O) groups is 1. The van der Waals surface area contributed by atoms with E-state index in [9.17, 15) is 9.59 Å². The molecule has 1 aliphatic rings. The Morgan fingerprint density at radius 1 is 1.32 bits per heavy atom. The van der Waals surface area contributed by atoms with Crippen LogP contribution in [0.4, 0.5) is 0 Å². The molecule has 2 heterocycles. The second-order valence-corrected chi connectivity index (χ2v) is 5.74. The molecule has 0 aliphatic heterocycles. The van der Waals surface area contributed by atoms with Gasteiger partial charge in [0.1, 0.15) is 10.0 Å². The van der Waals surface area contributed by atoms with Gasteiger partial charge in [-0.3, -0.25) is 9.59 Å². The van der Waals surface area contributed by atoms with Gasteiger partial charge in [-0.15, -0.1) is 5.10 Å². The first kappa shape index (κ1) is 12.5. The van der Waals surface area contributed by atoms with E-state index in [-0.39, 0.29) is 17.9 Å². The normalized spacial score (nSPS) is 14.5. The Hall–Kier alpha value is -1.53. The molecule has 0 aromatic carbocycles. The van der Waals surface area contributed by atoms with Crippen LogP contribution in [-0.2, 0) is 13.0 Å². The van der Waals surface area contributed by atoms with E-state index in [1.807, 2.05) is 0 Å². The summed E-state index contributed by atoms with van der Waals surface area (Å²) in [5.41, 5.74) is 1.86. The molecule has 1 aliphatic carbocycles. The minimum absolute atomic E-state index is 0.0949. The van der Waals surface area contributed by atoms with Crippen LogP contribution in [0.1, 0.15) is 34.6 Å². The van der Waals surface area contributed by atoms with E-state index in [0.717, 1.165) is 30.1 Å². The summed E-state index contributed by atoms with van der Waals surface area (Å²) in [6, 6.07) is 3.05. The van der Waals surface area contributed by atoms with E-state index in [0.29, 0.717) is 22.0 Å². The average Bonchev–Trinajstić information content (AvgIpc) is 2.79. The molecule has 0 fully saturated rings. The highest BCUT2D eigenvalue weighted by molar-refractivity contribution is 7.10. The number of halogens is 1. The van der Waals surface area contributed by atoms with E-state index >= 15 is 0 Å². The lowest BCUT2D eigenvalue weighted by atomic mass is 9.94. The first-order valence-corrected chi connectivity index (χ1v) is 7.04. The summed E-state index contributed by atoms with van der Waals surface area (Å²) in [6.07, 6.45) is 2.05. The van der Waals surface area contributed by atoms with Gasteiger partial charge in [0, 0.05) is 35.3 Å². The van der Waals surface area contributed by atoms with Crippen LogP contribution >= 0.6 is 23.1 Å². The Morgan fingerprint density at radius 3 is 2.89 bits per heavy atom. The highest BCUT2D eigenvalue weighted by atomic mass is 35.5. The largest absolute Gasteiger partial charge is 0.306 e. The zero-order valence-corrected chi connectivity index (χ0v) is 11.5. The Labute approximate surface area is 118 Å². The van der Waals surface area contributed by atoms with Gasteiger partial charge < -0.3 is 4.57 Å². The number of ketones is 1. The van der Waals surface area contributed by atoms with Crippen LogP contribution in [0.2, 0.25) is 4.34 Å². The number of rotatable bonds is 2. The standard InChI is InChI=1S/C12H10ClN3O2S/c13-12-8(14-15-19-12)6-16-9-2-1-3-10(17)7(9)4-5-11(16)18/h4-5H,1-3,6H2. The maximum atomic E-state index is 12.0. The minimum Gasteiger partial charge on any atom is -0.306 e. The van der Waals surface area contributed by atoms with Crippen molar-refractivity contribution < 1.29 is 4.79 Å². The smallest absolute Gasteiger partial charge is 0.251 e. The van der Waals surface area contributed by atoms with Gasteiger partial charge in [-0.2, -0.15) is 0 Å². The van der Waals surface area contributed by atoms with Crippen molar-refractivity contribution in [1.29, 1.82) is 0 Å². The molecule has 0 radical (unpaired) electrons. The van der Waals surface area contributed by atoms with Gasteiger partial charge in [-0.25, -0.2) is 0 Å². The molecule has 7 heteroatoms. The maximum absolute atomic E-state index is 12.0. The lowest BCUT2D eigenvalue weighted by Crippen LogP contribution is -2.28. The van der Waals surface area contributed by atoms with Gasteiger partial charge in [-0.1, -0.05) is 16.1 Å². The third-order valence-corrected chi connectivity index (χ3v) is 4.21. The van der Waals surface area contributed by atoms with Gasteiger partial charge in [0.2, 0.25) is 0 Å². The van der Waals surface area contributed by atoms with E-state index in [1.165, 1.54) is 6.07 Å². The van der Waals surface area contributed by atoms with E-state index in [4.69, 9.17) is 11.6 Å². The number of fused-ring (bicyclic) bond motifs is 1. The quantitative estimate of drug-likeness (QED) is 0.849. The summed E-state index contributed by atoms with van der Waals surface area (Å²) in [6.45, 7) is 0.268. The Kier molecular flexibility index (Phi) is 3.20. The van der Waals surface area contributed by atoms with Crippen LogP contribution in [-0.4, -0.2) is 19.9 Å². The molecule has 2 aromatic heterocycles. The molecule has 0 saturated heterocycles. The first-order chi connectivity index (χ1) is 9.16. The molecule has 98 valence electrons. The number of carbonyl (C=O) groups excluding carboxylic acids is 1. The summed E-state index contributed by atoms with van der Waals surface area (Å²) in [4.78, 5) is 23.9. The molecule has 0 N–H and O–H groups in total. The van der Waals surface area contributed by atoms with Crippen LogP contribution in [0.15, 0.2) is 16.9 Å². The van der Waals surface area contributed by atoms with Crippen molar-refractivity contribution in [1.82, 2.24) is 14.2 Å². The summed E-state index contributed by atoms with van der Waals surface area (Å²) in [5.74, 6) is 0.0949. The van der Waals surface area contributed by atoms with Crippen LogP contribution < -0.4 is 5.56 Å². The third-order valence-electron chi connectivity index (χ3n) is 3.23. The molecule has 0 saturated carbocycles. The summed E-state index contributed by atoms with van der Waals surface area (Å²) in [7, 11) is 0. The number of Topliss-reactive ketones (excluding diaryl/α,β-unsaturated/α-hetero) is 1. The Morgan fingerprint density at radius 2 is 2.16 bits per heavy atom. The fourth-order valence-electron chi connectivity index (χ4n) is 2.31. The molecule has 2 aromatic rings. The fourth-order valence-corrected chi connectivity index (χ4v) is 2.92. The van der Waals surface area contributed by atoms with Gasteiger partial charge in [0.25, 0.3) is 5.56 Å². The second kappa shape index (κ2) is 4.86. The maximum Gasteiger partial charge on any atom is 0.251 e. The van der Waals surface area contributed by atoms with Crippen LogP contribution in [0.5, 0.6) is 0 Å². The molecular formula is C12H10ClN3O2S. The lowest BCUT2D eigenvalue weighted by Gasteiger charge is -2.19. The number of aromatic nitrogens is 3. The van der Waals surface area contributed by atoms with Crippen molar-refractivity contribution in [3.05, 3.63) is 43.8 Å². The summed E-state index contributed by atoms with van der Waals surface area (Å²) in [5, 5.41) is 3.91. The van der Waals surface area contributed by atoms with Gasteiger partial charge in [0.15, 0.2) is 5.78 Å². The van der Waals surface area contributed by atoms with Crippen molar-refractivity contribution in [3.63, 3.8) is 0 Å². The molecule has 0 bridgehead atoms. The predicted molar refractivity (Wildman–Crippen MR) is 72.0 cm³/mol. The van der Waals surface area contributed by atoms with Gasteiger partial charge in [0.05, 0.1) is 6.54 Å². The molecule has 19 heavy (non-hydrogen) atoms. The van der Waals surface area contributed by atoms with Gasteiger partial charge >= 0.3 is 0 Å². The summed E-state index contributed by atoms with van der Waals surface area (Å²) >= 11 is 7.05. The SMILES string of the molecule is O=C1CCCc2c1ccc(=O)n2Cc1nnsc1Cl. The highest BCUT2D eigenvalue weighted by Gasteiger charge is 2.21. The highest BCUT2D eigenvalue weighted by Crippen LogP contribution is 2.22. The van der Waals surface area contributed by atoms with Crippen molar-refractivity contribution in [2.45, 2.75) is 25.8 Å². The monoisotopic (exact) mass is 295 g/mol. The molecule has 5 nitrogen and oxygen atoms in total. The average molecular weight is 296 g/mol. The fraction of sp³-hybridized carbons (Fsp3) is 0.333. The van der Waals surface area contributed by atoms with Gasteiger partial charge in [-0.05, 0) is 18.9 Å². The zero-order chi connectivity index (χ0) is 13.4. The van der Waals surface area contributed by atoms with Crippen LogP contribution in [0.25, 0.3) is 0 Å². The van der Waals surface area contributed by atoms with Crippen LogP contribution in [0.3, 0.4) is 0 Å². The second-order valence-electron chi connectivity index (χ2n) is 4.39. The lowest BCUT2D eigenvalue weighted by molar-refractivity contribution is 0.0970. The summed E-state index contributed by atoms with van der Waals surface area (Å²) < 4.78 is 5.81. The van der Waals surface area contributed by atoms with Crippen molar-refractivity contribution >= 4 is 28.9 Å². The van der Waals surface area contributed by atoms with Crippen molar-refractivity contribution in [2.75, 3.05) is 0 Å². The van der Waals surface area contributed by atoms with E-state index in [2.05, 4.69) is 9.59 Å². The Bertz CT molecular complexity index is 707. The van der Waals surface area contributed by atoms with Crippen LogP contribution in [0, 0.1) is 0 Å². The molecule has 0 spiro atoms. The first-order valence-electron chi connectivity index (χ1n) is 5.89. The molecule has 0 unspecified atom stereocenters. The minimum atomic E-state index is -0.141. The topological polar surface area (TPSA) is 64.8 Å². The molecule has 0 atom stereocenters. The Balaban J connectivity index is 2.10. The van der Waals surface area contributed by atoms with E-state index < -0.39 is 0 Å². The number of hydrogen-bond acceptors (Lipinski definition) is 5. The van der Waals surface area contributed by atoms with Crippen molar-refractivity contribution in [2.24, 2.45) is 0 Å². The zero-order valence-electron chi connectivity index (χ0n) is 9.93. The number of nitrogens with zero attached hydrogens (tertiary/aromatic N) is 3. The third kappa shape index (κ3) is 2.21.